The van der Waals surface area contributed by atoms with Crippen LogP contribution in [0.1, 0.15) is 24.5 Å². The van der Waals surface area contributed by atoms with E-state index in [1.54, 1.807) is 11.8 Å². The van der Waals surface area contributed by atoms with Crippen molar-refractivity contribution in [2.45, 2.75) is 26.2 Å². The van der Waals surface area contributed by atoms with E-state index in [-0.39, 0.29) is 18.3 Å². The zero-order valence-corrected chi connectivity index (χ0v) is 19.8. The van der Waals surface area contributed by atoms with Gasteiger partial charge in [-0.1, -0.05) is 66.7 Å². The number of aryl methyl sites for hydroxylation is 2. The molecule has 0 N–H and O–H groups in total. The van der Waals surface area contributed by atoms with Crippen LogP contribution in [0, 0.1) is 5.92 Å². The quantitative estimate of drug-likeness (QED) is 0.334. The van der Waals surface area contributed by atoms with Crippen LogP contribution in [0.15, 0.2) is 84.9 Å². The molecule has 1 amide bonds. The normalized spacial score (nSPS) is 15.5. The predicted molar refractivity (Wildman–Crippen MR) is 138 cm³/mol. The molecule has 4 aromatic rings. The summed E-state index contributed by atoms with van der Waals surface area (Å²) in [6.45, 7) is 2.37. The molecule has 1 aromatic heterocycles. The van der Waals surface area contributed by atoms with E-state index in [0.717, 1.165) is 34.9 Å². The maximum absolute atomic E-state index is 12.8. The number of pyridine rings is 1. The first-order valence-electron chi connectivity index (χ1n) is 12.1. The van der Waals surface area contributed by atoms with Crippen LogP contribution in [-0.4, -0.2) is 30.0 Å². The van der Waals surface area contributed by atoms with E-state index < -0.39 is 5.92 Å². The van der Waals surface area contributed by atoms with E-state index in [2.05, 4.69) is 48.5 Å². The van der Waals surface area contributed by atoms with E-state index in [9.17, 15) is 9.59 Å². The Labute approximate surface area is 205 Å². The zero-order valence-electron chi connectivity index (χ0n) is 19.8. The summed E-state index contributed by atoms with van der Waals surface area (Å²) in [6, 6.07) is 29.0. The van der Waals surface area contributed by atoms with Crippen LogP contribution in [0.4, 0.5) is 5.82 Å². The van der Waals surface area contributed by atoms with Crippen LogP contribution in [0.25, 0.3) is 22.0 Å². The molecule has 1 atom stereocenters. The fourth-order valence-corrected chi connectivity index (χ4v) is 4.69. The van der Waals surface area contributed by atoms with Crippen molar-refractivity contribution in [1.29, 1.82) is 0 Å². The second-order valence-electron chi connectivity index (χ2n) is 8.89. The Balaban J connectivity index is 1.51. The van der Waals surface area contributed by atoms with Gasteiger partial charge in [-0.25, -0.2) is 4.98 Å². The first-order chi connectivity index (χ1) is 17.1. The highest BCUT2D eigenvalue weighted by Crippen LogP contribution is 2.34. The molecule has 1 saturated heterocycles. The molecule has 176 valence electrons. The first kappa shape index (κ1) is 22.8. The van der Waals surface area contributed by atoms with Crippen molar-refractivity contribution < 1.29 is 14.3 Å². The molecule has 0 spiro atoms. The van der Waals surface area contributed by atoms with Crippen LogP contribution >= 0.6 is 0 Å². The fraction of sp³-hybridized carbons (Fsp3) is 0.233. The van der Waals surface area contributed by atoms with E-state index in [0.29, 0.717) is 19.0 Å². The van der Waals surface area contributed by atoms with E-state index >= 15 is 0 Å². The Morgan fingerprint density at radius 1 is 0.943 bits per heavy atom. The summed E-state index contributed by atoms with van der Waals surface area (Å²) in [5, 5.41) is 1.05. The number of nitrogens with zero attached hydrogens (tertiary/aromatic N) is 2. The lowest BCUT2D eigenvalue weighted by Crippen LogP contribution is -2.27. The van der Waals surface area contributed by atoms with Gasteiger partial charge in [0.15, 0.2) is 0 Å². The van der Waals surface area contributed by atoms with Gasteiger partial charge < -0.3 is 4.74 Å². The van der Waals surface area contributed by atoms with Crippen molar-refractivity contribution in [2.24, 2.45) is 5.92 Å². The minimum atomic E-state index is -0.458. The number of amides is 1. The van der Waals surface area contributed by atoms with Gasteiger partial charge in [-0.3, -0.25) is 14.5 Å². The molecule has 0 saturated carbocycles. The van der Waals surface area contributed by atoms with Gasteiger partial charge in [0.05, 0.1) is 18.0 Å². The number of hydrogen-bond donors (Lipinski definition) is 0. The SMILES string of the molecule is CCOC(=O)C1CC(=O)N(c2cc(-c3ccccc3)c3cc(CCc4ccccc4)ccc3n2)C1. The number of hydrogen-bond acceptors (Lipinski definition) is 4. The summed E-state index contributed by atoms with van der Waals surface area (Å²) in [5.74, 6) is -0.311. The van der Waals surface area contributed by atoms with Crippen LogP contribution in [-0.2, 0) is 27.2 Å². The largest absolute Gasteiger partial charge is 0.466 e. The first-order valence-corrected chi connectivity index (χ1v) is 12.1. The molecule has 0 bridgehead atoms. The summed E-state index contributed by atoms with van der Waals surface area (Å²) in [6.07, 6.45) is 2.05. The molecule has 0 radical (unpaired) electrons. The number of esters is 1. The van der Waals surface area contributed by atoms with Gasteiger partial charge in [0.2, 0.25) is 5.91 Å². The lowest BCUT2D eigenvalue weighted by atomic mass is 9.97. The van der Waals surface area contributed by atoms with Crippen molar-refractivity contribution >= 4 is 28.6 Å². The molecular formula is C30H28N2O3. The standard InChI is InChI=1S/C30H28N2O3/c1-2-35-30(34)24-18-29(33)32(20-24)28-19-25(23-11-7-4-8-12-23)26-17-22(15-16-27(26)31-28)14-13-21-9-5-3-6-10-21/h3-12,15-17,19,24H,2,13-14,18,20H2,1H3. The molecule has 1 aliphatic heterocycles. The monoisotopic (exact) mass is 464 g/mol. The van der Waals surface area contributed by atoms with Crippen molar-refractivity contribution in [1.82, 2.24) is 4.98 Å². The van der Waals surface area contributed by atoms with Crippen LogP contribution in [0.2, 0.25) is 0 Å². The third kappa shape index (κ3) is 4.94. The molecule has 5 rings (SSSR count). The maximum atomic E-state index is 12.8. The number of benzene rings is 3. The number of carbonyl (C=O) groups excluding carboxylic acids is 2. The Bertz CT molecular complexity index is 1350. The average molecular weight is 465 g/mol. The van der Waals surface area contributed by atoms with Gasteiger partial charge in [-0.05, 0) is 60.2 Å². The number of ether oxygens (including phenoxy) is 1. The van der Waals surface area contributed by atoms with Gasteiger partial charge >= 0.3 is 5.97 Å². The van der Waals surface area contributed by atoms with Gasteiger partial charge in [0.25, 0.3) is 0 Å². The molecular weight excluding hydrogens is 436 g/mol. The fourth-order valence-electron chi connectivity index (χ4n) is 4.69. The summed E-state index contributed by atoms with van der Waals surface area (Å²) >= 11 is 0. The molecule has 35 heavy (non-hydrogen) atoms. The van der Waals surface area contributed by atoms with Crippen LogP contribution in [0.5, 0.6) is 0 Å². The second-order valence-corrected chi connectivity index (χ2v) is 8.89. The molecule has 5 nitrogen and oxygen atoms in total. The summed E-state index contributed by atoms with van der Waals surface area (Å²) in [4.78, 5) is 31.5. The molecule has 3 aromatic carbocycles. The molecule has 1 fully saturated rings. The minimum absolute atomic E-state index is 0.103. The average Bonchev–Trinajstić information content (AvgIpc) is 3.30. The Morgan fingerprint density at radius 2 is 1.66 bits per heavy atom. The van der Waals surface area contributed by atoms with E-state index in [4.69, 9.17) is 9.72 Å². The number of rotatable bonds is 7. The zero-order chi connectivity index (χ0) is 24.2. The number of carbonyl (C=O) groups is 2. The third-order valence-electron chi connectivity index (χ3n) is 6.51. The summed E-state index contributed by atoms with van der Waals surface area (Å²) in [7, 11) is 0. The number of fused-ring (bicyclic) bond motifs is 1. The Hall–Kier alpha value is -3.99. The molecule has 2 heterocycles. The van der Waals surface area contributed by atoms with E-state index in [1.165, 1.54) is 11.1 Å². The molecule has 0 aliphatic carbocycles. The highest BCUT2D eigenvalue weighted by atomic mass is 16.5. The summed E-state index contributed by atoms with van der Waals surface area (Å²) in [5.41, 5.74) is 5.48. The number of anilines is 1. The molecule has 1 unspecified atom stereocenters. The highest BCUT2D eigenvalue weighted by molar-refractivity contribution is 6.02. The van der Waals surface area contributed by atoms with E-state index in [1.807, 2.05) is 36.4 Å². The van der Waals surface area contributed by atoms with Crippen LogP contribution < -0.4 is 4.90 Å². The smallest absolute Gasteiger partial charge is 0.311 e. The predicted octanol–water partition coefficient (Wildman–Crippen LogP) is 5.60. The van der Waals surface area contributed by atoms with Crippen molar-refractivity contribution in [3.05, 3.63) is 96.1 Å². The topological polar surface area (TPSA) is 59.5 Å². The lowest BCUT2D eigenvalue weighted by Gasteiger charge is -2.18. The molecule has 1 aliphatic rings. The lowest BCUT2D eigenvalue weighted by molar-refractivity contribution is -0.147. The number of aromatic nitrogens is 1. The van der Waals surface area contributed by atoms with Crippen molar-refractivity contribution in [2.75, 3.05) is 18.1 Å². The van der Waals surface area contributed by atoms with Crippen LogP contribution in [0.3, 0.4) is 0 Å². The van der Waals surface area contributed by atoms with Gasteiger partial charge in [0, 0.05) is 18.4 Å². The Morgan fingerprint density at radius 3 is 2.40 bits per heavy atom. The van der Waals surface area contributed by atoms with Gasteiger partial charge in [0.1, 0.15) is 5.82 Å². The second kappa shape index (κ2) is 10.1. The summed E-state index contributed by atoms with van der Waals surface area (Å²) < 4.78 is 5.15. The molecule has 5 heteroatoms. The Kier molecular flexibility index (Phi) is 6.57. The third-order valence-corrected chi connectivity index (χ3v) is 6.51. The van der Waals surface area contributed by atoms with Gasteiger partial charge in [-0.15, -0.1) is 0 Å². The maximum Gasteiger partial charge on any atom is 0.311 e. The van der Waals surface area contributed by atoms with Crippen molar-refractivity contribution in [3.63, 3.8) is 0 Å². The van der Waals surface area contributed by atoms with Crippen molar-refractivity contribution in [3.8, 4) is 11.1 Å². The van der Waals surface area contributed by atoms with Gasteiger partial charge in [-0.2, -0.15) is 0 Å². The minimum Gasteiger partial charge on any atom is -0.466 e. The highest BCUT2D eigenvalue weighted by Gasteiger charge is 2.37.